The first kappa shape index (κ1) is 20.1. The Labute approximate surface area is 136 Å². The van der Waals surface area contributed by atoms with E-state index in [0.717, 1.165) is 11.3 Å². The number of carbonyl (C=O) groups is 1. The molecule has 22 heavy (non-hydrogen) atoms. The molecule has 0 aromatic heterocycles. The normalized spacial score (nSPS) is 10.8. The number of hydrazine groups is 1. The summed E-state index contributed by atoms with van der Waals surface area (Å²) in [4.78, 5) is 11.4. The molecule has 6 nitrogen and oxygen atoms in total. The van der Waals surface area contributed by atoms with Crippen molar-refractivity contribution >= 4 is 17.6 Å². The zero-order valence-electron chi connectivity index (χ0n) is 13.4. The molecule has 4 N–H and O–H groups in total. The lowest BCUT2D eigenvalue weighted by Crippen LogP contribution is -2.31. The van der Waals surface area contributed by atoms with E-state index in [2.05, 4.69) is 0 Å². The maximum absolute atomic E-state index is 11.4. The molecule has 0 radical (unpaired) electrons. The first-order valence-corrected chi connectivity index (χ1v) is 7.34. The van der Waals surface area contributed by atoms with Gasteiger partial charge in [0.2, 0.25) is 0 Å². The van der Waals surface area contributed by atoms with E-state index in [9.17, 15) is 4.79 Å². The molecule has 0 atom stereocenters. The van der Waals surface area contributed by atoms with Crippen molar-refractivity contribution in [3.63, 3.8) is 0 Å². The van der Waals surface area contributed by atoms with Gasteiger partial charge in [0.15, 0.2) is 5.70 Å². The van der Waals surface area contributed by atoms with Crippen LogP contribution in [0, 0.1) is 0 Å². The molecule has 0 bridgehead atoms. The van der Waals surface area contributed by atoms with E-state index in [1.165, 1.54) is 5.01 Å². The summed E-state index contributed by atoms with van der Waals surface area (Å²) >= 11 is 5.95. The zero-order chi connectivity index (χ0) is 17.1. The molecule has 0 spiro atoms. The maximum atomic E-state index is 11.4. The number of rotatable bonds is 6. The number of hydrogen-bond donors (Lipinski definition) is 2. The number of benzene rings is 1. The minimum atomic E-state index is -0.692. The van der Waals surface area contributed by atoms with Crippen molar-refractivity contribution in [3.8, 4) is 5.75 Å². The summed E-state index contributed by atoms with van der Waals surface area (Å²) in [5.41, 5.74) is 6.25. The standard InChI is InChI=1S/C13H18ClN3O3.C2H6/c1-3-20-13(18)11(15)12(14)17(16)8-9-4-6-10(19-2)7-5-9;1-2/h4-7H,3,8,15-16H2,1-2H3;1-2H3/b12-11-;. The third kappa shape index (κ3) is 6.24. The van der Waals surface area contributed by atoms with Crippen LogP contribution < -0.4 is 16.3 Å². The van der Waals surface area contributed by atoms with Gasteiger partial charge in [0.1, 0.15) is 10.9 Å². The molecule has 0 aliphatic heterocycles. The van der Waals surface area contributed by atoms with Gasteiger partial charge in [-0.3, -0.25) is 5.01 Å². The van der Waals surface area contributed by atoms with Crippen molar-refractivity contribution in [2.75, 3.05) is 13.7 Å². The molecule has 0 amide bonds. The smallest absolute Gasteiger partial charge is 0.357 e. The number of methoxy groups -OCH3 is 1. The Balaban J connectivity index is 0.00000211. The average molecular weight is 330 g/mol. The predicted octanol–water partition coefficient (Wildman–Crippen LogP) is 2.33. The summed E-state index contributed by atoms with van der Waals surface area (Å²) in [6.07, 6.45) is 0. The Morgan fingerprint density at radius 3 is 2.27 bits per heavy atom. The van der Waals surface area contributed by atoms with E-state index in [1.54, 1.807) is 26.2 Å². The molecule has 0 saturated carbocycles. The molecule has 0 unspecified atom stereocenters. The summed E-state index contributed by atoms with van der Waals surface area (Å²) in [6.45, 7) is 6.19. The lowest BCUT2D eigenvalue weighted by Gasteiger charge is -2.19. The van der Waals surface area contributed by atoms with Crippen LogP contribution in [-0.2, 0) is 16.1 Å². The van der Waals surface area contributed by atoms with Crippen LogP contribution in [0.1, 0.15) is 26.3 Å². The van der Waals surface area contributed by atoms with E-state index in [-0.39, 0.29) is 17.5 Å². The van der Waals surface area contributed by atoms with Crippen LogP contribution in [0.5, 0.6) is 5.75 Å². The lowest BCUT2D eigenvalue weighted by atomic mass is 10.2. The quantitative estimate of drug-likeness (QED) is 0.274. The Kier molecular flexibility index (Phi) is 9.82. The molecule has 0 saturated heterocycles. The molecule has 7 heteroatoms. The monoisotopic (exact) mass is 329 g/mol. The second-order valence-electron chi connectivity index (χ2n) is 3.90. The molecule has 0 heterocycles. The van der Waals surface area contributed by atoms with Crippen LogP contribution in [-0.4, -0.2) is 24.7 Å². The van der Waals surface area contributed by atoms with Gasteiger partial charge in [-0.1, -0.05) is 37.6 Å². The maximum Gasteiger partial charge on any atom is 0.357 e. The van der Waals surface area contributed by atoms with Gasteiger partial charge < -0.3 is 15.2 Å². The van der Waals surface area contributed by atoms with Crippen LogP contribution >= 0.6 is 11.6 Å². The van der Waals surface area contributed by atoms with Crippen molar-refractivity contribution in [2.24, 2.45) is 11.6 Å². The van der Waals surface area contributed by atoms with Gasteiger partial charge in [-0.2, -0.15) is 0 Å². The highest BCUT2D eigenvalue weighted by Crippen LogP contribution is 2.16. The number of nitrogens with zero attached hydrogens (tertiary/aromatic N) is 1. The van der Waals surface area contributed by atoms with Gasteiger partial charge in [0.05, 0.1) is 20.3 Å². The topological polar surface area (TPSA) is 90.8 Å². The Morgan fingerprint density at radius 1 is 1.27 bits per heavy atom. The molecule has 124 valence electrons. The number of carbonyl (C=O) groups excluding carboxylic acids is 1. The molecule has 1 aromatic rings. The average Bonchev–Trinajstić information content (AvgIpc) is 2.56. The number of esters is 1. The fourth-order valence-corrected chi connectivity index (χ4v) is 1.58. The van der Waals surface area contributed by atoms with Gasteiger partial charge in [-0.15, -0.1) is 0 Å². The highest BCUT2D eigenvalue weighted by Gasteiger charge is 2.15. The molecule has 0 aliphatic carbocycles. The minimum Gasteiger partial charge on any atom is -0.497 e. The molecule has 1 aromatic carbocycles. The SMILES string of the molecule is CC.CCOC(=O)/C(N)=C(\Cl)N(N)Cc1ccc(OC)cc1. The van der Waals surface area contributed by atoms with Gasteiger partial charge in [-0.05, 0) is 24.6 Å². The minimum absolute atomic E-state index is 0.0562. The molecule has 0 aliphatic rings. The van der Waals surface area contributed by atoms with Crippen molar-refractivity contribution in [1.82, 2.24) is 5.01 Å². The van der Waals surface area contributed by atoms with Crippen molar-refractivity contribution in [3.05, 3.63) is 40.7 Å². The second-order valence-corrected chi connectivity index (χ2v) is 4.26. The summed E-state index contributed by atoms with van der Waals surface area (Å²) < 4.78 is 9.81. The third-order valence-electron chi connectivity index (χ3n) is 2.48. The summed E-state index contributed by atoms with van der Waals surface area (Å²) in [6, 6.07) is 7.28. The van der Waals surface area contributed by atoms with E-state index in [1.807, 2.05) is 26.0 Å². The van der Waals surface area contributed by atoms with Crippen molar-refractivity contribution < 1.29 is 14.3 Å². The van der Waals surface area contributed by atoms with Crippen LogP contribution in [0.25, 0.3) is 0 Å². The van der Waals surface area contributed by atoms with Crippen molar-refractivity contribution in [2.45, 2.75) is 27.3 Å². The first-order chi connectivity index (χ1) is 10.5. The van der Waals surface area contributed by atoms with Crippen LogP contribution in [0.4, 0.5) is 0 Å². The zero-order valence-corrected chi connectivity index (χ0v) is 14.2. The Morgan fingerprint density at radius 2 is 1.82 bits per heavy atom. The van der Waals surface area contributed by atoms with E-state index >= 15 is 0 Å². The number of ether oxygens (including phenoxy) is 2. The van der Waals surface area contributed by atoms with E-state index in [0.29, 0.717) is 6.54 Å². The lowest BCUT2D eigenvalue weighted by molar-refractivity contribution is -0.138. The number of halogens is 1. The van der Waals surface area contributed by atoms with E-state index in [4.69, 9.17) is 32.7 Å². The number of hydrogen-bond acceptors (Lipinski definition) is 6. The van der Waals surface area contributed by atoms with Gasteiger partial charge >= 0.3 is 5.97 Å². The Bertz CT molecular complexity index is 489. The molecular formula is C15H24ClN3O3. The highest BCUT2D eigenvalue weighted by molar-refractivity contribution is 6.31. The largest absolute Gasteiger partial charge is 0.497 e. The third-order valence-corrected chi connectivity index (χ3v) is 2.90. The predicted molar refractivity (Wildman–Crippen MR) is 87.8 cm³/mol. The van der Waals surface area contributed by atoms with Crippen molar-refractivity contribution in [1.29, 1.82) is 0 Å². The summed E-state index contributed by atoms with van der Waals surface area (Å²) in [5.74, 6) is 5.83. The Hall–Kier alpha value is -1.92. The molecular weight excluding hydrogens is 306 g/mol. The van der Waals surface area contributed by atoms with E-state index < -0.39 is 5.97 Å². The van der Waals surface area contributed by atoms with Gasteiger partial charge in [-0.25, -0.2) is 10.6 Å². The fraction of sp³-hybridized carbons (Fsp3) is 0.400. The highest BCUT2D eigenvalue weighted by atomic mass is 35.5. The fourth-order valence-electron chi connectivity index (χ4n) is 1.44. The van der Waals surface area contributed by atoms with Crippen LogP contribution in [0.15, 0.2) is 35.1 Å². The second kappa shape index (κ2) is 10.8. The summed E-state index contributed by atoms with van der Waals surface area (Å²) in [7, 11) is 1.59. The van der Waals surface area contributed by atoms with Gasteiger partial charge in [0, 0.05) is 0 Å². The van der Waals surface area contributed by atoms with Gasteiger partial charge in [0.25, 0.3) is 0 Å². The first-order valence-electron chi connectivity index (χ1n) is 6.97. The van der Waals surface area contributed by atoms with Crippen LogP contribution in [0.3, 0.4) is 0 Å². The molecule has 0 fully saturated rings. The van der Waals surface area contributed by atoms with Crippen LogP contribution in [0.2, 0.25) is 0 Å². The number of nitrogens with two attached hydrogens (primary N) is 2. The molecule has 1 rings (SSSR count). The summed E-state index contributed by atoms with van der Waals surface area (Å²) in [5, 5.41) is 1.12.